The number of halogens is 2. The monoisotopic (exact) mass is 235 g/mol. The lowest BCUT2D eigenvalue weighted by Crippen LogP contribution is -2.12. The fraction of sp³-hybridized carbons (Fsp3) is 0.400. The highest BCUT2D eigenvalue weighted by atomic mass is 35.5. The number of alkyl halides is 1. The summed E-state index contributed by atoms with van der Waals surface area (Å²) in [5.74, 6) is 0.815. The van der Waals surface area contributed by atoms with Gasteiger partial charge in [-0.1, -0.05) is 23.7 Å². The highest BCUT2D eigenvalue weighted by molar-refractivity contribution is 6.19. The van der Waals surface area contributed by atoms with E-state index in [0.717, 1.165) is 11.4 Å². The molecule has 0 saturated heterocycles. The summed E-state index contributed by atoms with van der Waals surface area (Å²) in [4.78, 5) is 1.99. The number of para-hydroxylation sites is 2. The van der Waals surface area contributed by atoms with Crippen molar-refractivity contribution < 1.29 is 4.74 Å². The number of rotatable bonds is 3. The van der Waals surface area contributed by atoms with Crippen molar-refractivity contribution in [2.45, 2.75) is 12.5 Å². The summed E-state index contributed by atoms with van der Waals surface area (Å²) in [5.41, 5.74) is 0.732. The summed E-state index contributed by atoms with van der Waals surface area (Å²) >= 11 is 5.75. The molecule has 1 unspecified atom stereocenters. The second-order valence-corrected chi connectivity index (χ2v) is 3.64. The smallest absolute Gasteiger partial charge is 0.169 e. The van der Waals surface area contributed by atoms with Gasteiger partial charge in [-0.3, -0.25) is 0 Å². The average molecular weight is 236 g/mol. The molecule has 1 aromatic carbocycles. The van der Waals surface area contributed by atoms with Gasteiger partial charge in [0.05, 0.1) is 5.69 Å². The van der Waals surface area contributed by atoms with E-state index < -0.39 is 0 Å². The zero-order chi connectivity index (χ0) is 9.84. The van der Waals surface area contributed by atoms with E-state index in [9.17, 15) is 0 Å². The van der Waals surface area contributed by atoms with Gasteiger partial charge in [-0.15, -0.1) is 12.4 Å². The molecular formula is C10H15Cl2NO. The lowest BCUT2D eigenvalue weighted by molar-refractivity contribution is 0.302. The van der Waals surface area contributed by atoms with Crippen LogP contribution >= 0.6 is 24.0 Å². The van der Waals surface area contributed by atoms with Gasteiger partial charge in [-0.25, -0.2) is 0 Å². The first-order chi connectivity index (χ1) is 6.11. The Morgan fingerprint density at radius 3 is 2.36 bits per heavy atom. The number of anilines is 1. The van der Waals surface area contributed by atoms with Crippen molar-refractivity contribution in [3.05, 3.63) is 24.3 Å². The Morgan fingerprint density at radius 1 is 1.29 bits per heavy atom. The summed E-state index contributed by atoms with van der Waals surface area (Å²) < 4.78 is 5.43. The van der Waals surface area contributed by atoms with Crippen LogP contribution in [0.5, 0.6) is 5.75 Å². The third kappa shape index (κ3) is 3.64. The molecule has 0 fully saturated rings. The van der Waals surface area contributed by atoms with Crippen molar-refractivity contribution in [3.63, 3.8) is 0 Å². The van der Waals surface area contributed by atoms with Gasteiger partial charge in [-0.2, -0.15) is 0 Å². The largest absolute Gasteiger partial charge is 0.473 e. The topological polar surface area (TPSA) is 12.5 Å². The molecule has 14 heavy (non-hydrogen) atoms. The summed E-state index contributed by atoms with van der Waals surface area (Å²) in [5, 5.41) is 0. The maximum Gasteiger partial charge on any atom is 0.169 e. The highest BCUT2D eigenvalue weighted by Crippen LogP contribution is 2.27. The summed E-state index contributed by atoms with van der Waals surface area (Å²) in [6, 6.07) is 7.81. The van der Waals surface area contributed by atoms with Crippen molar-refractivity contribution in [2.24, 2.45) is 0 Å². The van der Waals surface area contributed by atoms with Crippen LogP contribution in [-0.4, -0.2) is 19.7 Å². The Hall–Kier alpha value is -0.600. The zero-order valence-corrected chi connectivity index (χ0v) is 10.1. The molecule has 0 heterocycles. The van der Waals surface area contributed by atoms with Crippen molar-refractivity contribution in [1.82, 2.24) is 0 Å². The SMILES string of the molecule is CC(Cl)Oc1ccccc1N(C)C.Cl. The molecule has 0 aliphatic heterocycles. The lowest BCUT2D eigenvalue weighted by atomic mass is 10.3. The summed E-state index contributed by atoms with van der Waals surface area (Å²) in [6.45, 7) is 1.80. The molecule has 0 radical (unpaired) electrons. The van der Waals surface area contributed by atoms with E-state index in [0.29, 0.717) is 0 Å². The summed E-state index contributed by atoms with van der Waals surface area (Å²) in [7, 11) is 3.95. The van der Waals surface area contributed by atoms with Crippen LogP contribution in [0.2, 0.25) is 0 Å². The summed E-state index contributed by atoms with van der Waals surface area (Å²) in [6.07, 6.45) is 0. The molecule has 0 aliphatic rings. The van der Waals surface area contributed by atoms with E-state index in [1.165, 1.54) is 0 Å². The van der Waals surface area contributed by atoms with Crippen molar-refractivity contribution in [2.75, 3.05) is 19.0 Å². The molecule has 1 aromatic rings. The minimum Gasteiger partial charge on any atom is -0.473 e. The van der Waals surface area contributed by atoms with Gasteiger partial charge in [0.25, 0.3) is 0 Å². The van der Waals surface area contributed by atoms with Crippen LogP contribution in [0.25, 0.3) is 0 Å². The first kappa shape index (κ1) is 13.4. The molecule has 0 aliphatic carbocycles. The maximum absolute atomic E-state index is 5.75. The second-order valence-electron chi connectivity index (χ2n) is 3.02. The van der Waals surface area contributed by atoms with E-state index in [2.05, 4.69) is 0 Å². The van der Waals surface area contributed by atoms with Crippen LogP contribution in [0, 0.1) is 0 Å². The standard InChI is InChI=1S/C10H14ClNO.ClH/c1-8(11)13-10-7-5-4-6-9(10)12(2)3;/h4-8H,1-3H3;1H. The van der Waals surface area contributed by atoms with Crippen LogP contribution in [-0.2, 0) is 0 Å². The number of hydrogen-bond donors (Lipinski definition) is 0. The fourth-order valence-electron chi connectivity index (χ4n) is 1.10. The Bertz CT molecular complexity index is 277. The van der Waals surface area contributed by atoms with Crippen LogP contribution in [0.4, 0.5) is 5.69 Å². The first-order valence-corrected chi connectivity index (χ1v) is 4.62. The highest BCUT2D eigenvalue weighted by Gasteiger charge is 2.06. The number of benzene rings is 1. The predicted octanol–water partition coefficient (Wildman–Crippen LogP) is 3.14. The fourth-order valence-corrected chi connectivity index (χ4v) is 1.20. The molecule has 0 amide bonds. The minimum absolute atomic E-state index is 0. The number of hydrogen-bond acceptors (Lipinski definition) is 2. The van der Waals surface area contributed by atoms with Crippen molar-refractivity contribution in [1.29, 1.82) is 0 Å². The maximum atomic E-state index is 5.75. The molecule has 0 N–H and O–H groups in total. The van der Waals surface area contributed by atoms with Gasteiger partial charge >= 0.3 is 0 Å². The second kappa shape index (κ2) is 5.99. The van der Waals surface area contributed by atoms with E-state index in [-0.39, 0.29) is 18.0 Å². The minimum atomic E-state index is -0.305. The molecule has 0 aromatic heterocycles. The van der Waals surface area contributed by atoms with Gasteiger partial charge in [0.2, 0.25) is 0 Å². The molecule has 0 spiro atoms. The molecular weight excluding hydrogens is 221 g/mol. The van der Waals surface area contributed by atoms with E-state index in [4.69, 9.17) is 16.3 Å². The Balaban J connectivity index is 0.00000169. The average Bonchev–Trinajstić information content (AvgIpc) is 2.03. The van der Waals surface area contributed by atoms with Gasteiger partial charge in [0.1, 0.15) is 5.75 Å². The van der Waals surface area contributed by atoms with Gasteiger partial charge in [0, 0.05) is 14.1 Å². The first-order valence-electron chi connectivity index (χ1n) is 4.18. The van der Waals surface area contributed by atoms with Crippen LogP contribution in [0.3, 0.4) is 0 Å². The van der Waals surface area contributed by atoms with Gasteiger partial charge in [0.15, 0.2) is 5.56 Å². The quantitative estimate of drug-likeness (QED) is 0.747. The Kier molecular flexibility index (Phi) is 5.73. The van der Waals surface area contributed by atoms with Crippen LogP contribution in [0.15, 0.2) is 24.3 Å². The molecule has 1 atom stereocenters. The molecule has 1 rings (SSSR count). The van der Waals surface area contributed by atoms with Crippen molar-refractivity contribution >= 4 is 29.7 Å². The normalized spacial score (nSPS) is 11.4. The third-order valence-corrected chi connectivity index (χ3v) is 1.73. The lowest BCUT2D eigenvalue weighted by Gasteiger charge is -2.18. The van der Waals surface area contributed by atoms with E-state index in [1.807, 2.05) is 43.3 Å². The number of nitrogens with zero attached hydrogens (tertiary/aromatic N) is 1. The van der Waals surface area contributed by atoms with Crippen LogP contribution < -0.4 is 9.64 Å². The zero-order valence-electron chi connectivity index (χ0n) is 8.53. The van der Waals surface area contributed by atoms with Gasteiger partial charge in [-0.05, 0) is 19.1 Å². The Morgan fingerprint density at radius 2 is 1.86 bits per heavy atom. The van der Waals surface area contributed by atoms with E-state index in [1.54, 1.807) is 6.92 Å². The van der Waals surface area contributed by atoms with Crippen molar-refractivity contribution in [3.8, 4) is 5.75 Å². The molecule has 0 bridgehead atoms. The molecule has 80 valence electrons. The molecule has 4 heteroatoms. The predicted molar refractivity (Wildman–Crippen MR) is 64.0 cm³/mol. The van der Waals surface area contributed by atoms with E-state index >= 15 is 0 Å². The van der Waals surface area contributed by atoms with Gasteiger partial charge < -0.3 is 9.64 Å². The molecule has 2 nitrogen and oxygen atoms in total. The molecule has 0 saturated carbocycles. The third-order valence-electron chi connectivity index (χ3n) is 1.64. The van der Waals surface area contributed by atoms with Crippen LogP contribution in [0.1, 0.15) is 6.92 Å². The Labute approximate surface area is 96.2 Å². The number of ether oxygens (including phenoxy) is 1.